The zero-order valence-electron chi connectivity index (χ0n) is 20.1. The van der Waals surface area contributed by atoms with Gasteiger partial charge in [0.25, 0.3) is 5.91 Å². The fourth-order valence-corrected chi connectivity index (χ4v) is 3.89. The number of para-hydroxylation sites is 1. The number of nitrogens with one attached hydrogen (secondary N) is 1. The maximum absolute atomic E-state index is 12.6. The topological polar surface area (TPSA) is 68.5 Å². The number of hydrazone groups is 1. The van der Waals surface area contributed by atoms with Gasteiger partial charge in [-0.2, -0.15) is 10.2 Å². The van der Waals surface area contributed by atoms with E-state index >= 15 is 0 Å². The summed E-state index contributed by atoms with van der Waals surface area (Å²) in [5, 5.41) is 11.2. The Hall–Kier alpha value is -4.71. The fourth-order valence-electron chi connectivity index (χ4n) is 3.89. The third-order valence-electron chi connectivity index (χ3n) is 5.87. The number of aromatic nitrogens is 2. The molecule has 1 amide bonds. The summed E-state index contributed by atoms with van der Waals surface area (Å²) >= 11 is 0. The van der Waals surface area contributed by atoms with E-state index < -0.39 is 6.10 Å². The summed E-state index contributed by atoms with van der Waals surface area (Å²) < 4.78 is 7.66. The number of benzene rings is 4. The Morgan fingerprint density at radius 3 is 2.44 bits per heavy atom. The van der Waals surface area contributed by atoms with Gasteiger partial charge >= 0.3 is 0 Å². The molecule has 0 saturated heterocycles. The highest BCUT2D eigenvalue weighted by atomic mass is 16.5. The number of nitrogens with zero attached hydrogens (tertiary/aromatic N) is 3. The Bertz CT molecular complexity index is 1520. The van der Waals surface area contributed by atoms with Crippen LogP contribution in [0.15, 0.2) is 108 Å². The summed E-state index contributed by atoms with van der Waals surface area (Å²) in [5.41, 5.74) is 7.23. The zero-order chi connectivity index (χ0) is 24.9. The van der Waals surface area contributed by atoms with Gasteiger partial charge in [0.2, 0.25) is 0 Å². The molecule has 0 bridgehead atoms. The number of rotatable bonds is 7. The van der Waals surface area contributed by atoms with Crippen LogP contribution in [0.2, 0.25) is 0 Å². The highest BCUT2D eigenvalue weighted by Gasteiger charge is 2.15. The molecule has 0 aliphatic heterocycles. The highest BCUT2D eigenvalue weighted by molar-refractivity contribution is 5.90. The van der Waals surface area contributed by atoms with Crippen LogP contribution in [0.5, 0.6) is 5.75 Å². The highest BCUT2D eigenvalue weighted by Crippen LogP contribution is 2.24. The van der Waals surface area contributed by atoms with Crippen molar-refractivity contribution in [1.29, 1.82) is 0 Å². The van der Waals surface area contributed by atoms with Crippen LogP contribution in [-0.2, 0) is 4.79 Å². The number of hydrogen-bond donors (Lipinski definition) is 1. The van der Waals surface area contributed by atoms with Crippen LogP contribution in [-0.4, -0.2) is 28.0 Å². The van der Waals surface area contributed by atoms with E-state index in [4.69, 9.17) is 9.84 Å². The van der Waals surface area contributed by atoms with Gasteiger partial charge in [-0.1, -0.05) is 78.4 Å². The molecule has 0 unspecified atom stereocenters. The predicted octanol–water partition coefficient (Wildman–Crippen LogP) is 5.92. The van der Waals surface area contributed by atoms with Gasteiger partial charge in [-0.3, -0.25) is 4.79 Å². The minimum Gasteiger partial charge on any atom is -0.481 e. The molecule has 0 fully saturated rings. The van der Waals surface area contributed by atoms with Crippen LogP contribution in [0.3, 0.4) is 0 Å². The van der Waals surface area contributed by atoms with Gasteiger partial charge in [0.05, 0.1) is 11.9 Å². The lowest BCUT2D eigenvalue weighted by atomic mass is 10.1. The average molecular weight is 475 g/mol. The van der Waals surface area contributed by atoms with Crippen molar-refractivity contribution in [3.8, 4) is 22.7 Å². The van der Waals surface area contributed by atoms with Gasteiger partial charge in [-0.05, 0) is 48.9 Å². The van der Waals surface area contributed by atoms with Crippen molar-refractivity contribution < 1.29 is 9.53 Å². The van der Waals surface area contributed by atoms with Gasteiger partial charge in [0.15, 0.2) is 6.10 Å². The van der Waals surface area contributed by atoms with E-state index in [9.17, 15) is 4.79 Å². The largest absolute Gasteiger partial charge is 0.481 e. The molecule has 4 aromatic carbocycles. The lowest BCUT2D eigenvalue weighted by Crippen LogP contribution is -2.33. The molecule has 1 aromatic heterocycles. The van der Waals surface area contributed by atoms with Crippen molar-refractivity contribution in [2.75, 3.05) is 0 Å². The first-order valence-electron chi connectivity index (χ1n) is 11.8. The Morgan fingerprint density at radius 1 is 0.944 bits per heavy atom. The van der Waals surface area contributed by atoms with E-state index in [0.717, 1.165) is 33.3 Å². The minimum atomic E-state index is -0.716. The second-order valence-corrected chi connectivity index (χ2v) is 8.58. The van der Waals surface area contributed by atoms with E-state index in [1.807, 2.05) is 115 Å². The monoisotopic (exact) mass is 474 g/mol. The fraction of sp³-hybridized carbons (Fsp3) is 0.100. The maximum Gasteiger partial charge on any atom is 0.280 e. The van der Waals surface area contributed by atoms with Crippen molar-refractivity contribution >= 4 is 22.9 Å². The molecule has 1 atom stereocenters. The van der Waals surface area contributed by atoms with Crippen molar-refractivity contribution in [3.63, 3.8) is 0 Å². The van der Waals surface area contributed by atoms with Gasteiger partial charge in [-0.15, -0.1) is 0 Å². The number of amides is 1. The summed E-state index contributed by atoms with van der Waals surface area (Å²) in [5.74, 6) is 0.290. The van der Waals surface area contributed by atoms with E-state index in [1.54, 1.807) is 13.1 Å². The molecule has 36 heavy (non-hydrogen) atoms. The summed E-state index contributed by atoms with van der Waals surface area (Å²) in [4.78, 5) is 12.6. The summed E-state index contributed by atoms with van der Waals surface area (Å²) in [6, 6.07) is 31.8. The van der Waals surface area contributed by atoms with Crippen molar-refractivity contribution in [1.82, 2.24) is 15.2 Å². The molecule has 5 rings (SSSR count). The standard InChI is InChI=1S/C30H26N4O2/c1-21-12-14-24(15-13-21)29-26(20-34(33-29)27-10-4-3-5-11-27)19-31-32-30(35)22(2)36-28-17-16-23-8-6-7-9-25(23)18-28/h3-20,22H,1-2H3,(H,32,35)/b31-19-/t22-/m0/s1. The van der Waals surface area contributed by atoms with Gasteiger partial charge < -0.3 is 4.74 Å². The van der Waals surface area contributed by atoms with Crippen LogP contribution in [0.25, 0.3) is 27.7 Å². The lowest BCUT2D eigenvalue weighted by Gasteiger charge is -2.13. The average Bonchev–Trinajstić information content (AvgIpc) is 3.33. The molecule has 0 spiro atoms. The first kappa shape index (κ1) is 23.1. The van der Waals surface area contributed by atoms with E-state index in [-0.39, 0.29) is 5.91 Å². The molecule has 6 nitrogen and oxygen atoms in total. The number of carbonyl (C=O) groups is 1. The molecule has 1 heterocycles. The second-order valence-electron chi connectivity index (χ2n) is 8.58. The molecule has 0 saturated carbocycles. The lowest BCUT2D eigenvalue weighted by molar-refractivity contribution is -0.127. The number of hydrogen-bond acceptors (Lipinski definition) is 4. The molecular weight excluding hydrogens is 448 g/mol. The van der Waals surface area contributed by atoms with Crippen LogP contribution >= 0.6 is 0 Å². The molecule has 0 aliphatic rings. The quantitative estimate of drug-likeness (QED) is 0.235. The van der Waals surface area contributed by atoms with E-state index in [2.05, 4.69) is 10.5 Å². The molecule has 0 aliphatic carbocycles. The number of fused-ring (bicyclic) bond motifs is 1. The van der Waals surface area contributed by atoms with E-state index in [0.29, 0.717) is 5.75 Å². The molecule has 178 valence electrons. The second kappa shape index (κ2) is 10.3. The number of aryl methyl sites for hydroxylation is 1. The maximum atomic E-state index is 12.6. The molecule has 1 N–H and O–H groups in total. The first-order chi connectivity index (χ1) is 17.6. The summed E-state index contributed by atoms with van der Waals surface area (Å²) in [6.45, 7) is 3.75. The van der Waals surface area contributed by atoms with Crippen LogP contribution in [0.4, 0.5) is 0 Å². The van der Waals surface area contributed by atoms with E-state index in [1.165, 1.54) is 5.56 Å². The Morgan fingerprint density at radius 2 is 1.67 bits per heavy atom. The third-order valence-corrected chi connectivity index (χ3v) is 5.87. The van der Waals surface area contributed by atoms with Gasteiger partial charge in [0, 0.05) is 17.3 Å². The van der Waals surface area contributed by atoms with Crippen LogP contribution in [0, 0.1) is 6.92 Å². The molecule has 5 aromatic rings. The smallest absolute Gasteiger partial charge is 0.280 e. The summed E-state index contributed by atoms with van der Waals surface area (Å²) in [6.07, 6.45) is 2.80. The Balaban J connectivity index is 1.32. The predicted molar refractivity (Wildman–Crippen MR) is 144 cm³/mol. The number of carbonyl (C=O) groups excluding carboxylic acids is 1. The van der Waals surface area contributed by atoms with Crippen molar-refractivity contribution in [2.24, 2.45) is 5.10 Å². The molecule has 6 heteroatoms. The molecular formula is C30H26N4O2. The number of ether oxygens (including phenoxy) is 1. The van der Waals surface area contributed by atoms with Crippen molar-refractivity contribution in [3.05, 3.63) is 114 Å². The SMILES string of the molecule is Cc1ccc(-c2nn(-c3ccccc3)cc2/C=N\NC(=O)[C@H](C)Oc2ccc3ccccc3c2)cc1. The van der Waals surface area contributed by atoms with Crippen LogP contribution < -0.4 is 10.2 Å². The van der Waals surface area contributed by atoms with Crippen molar-refractivity contribution in [2.45, 2.75) is 20.0 Å². The van der Waals surface area contributed by atoms with Gasteiger partial charge in [-0.25, -0.2) is 10.1 Å². The van der Waals surface area contributed by atoms with Crippen LogP contribution in [0.1, 0.15) is 18.1 Å². The summed E-state index contributed by atoms with van der Waals surface area (Å²) in [7, 11) is 0. The zero-order valence-corrected chi connectivity index (χ0v) is 20.1. The first-order valence-corrected chi connectivity index (χ1v) is 11.8. The van der Waals surface area contributed by atoms with Gasteiger partial charge in [0.1, 0.15) is 11.4 Å². The Labute approximate surface area is 209 Å². The Kier molecular flexibility index (Phi) is 6.58. The minimum absolute atomic E-state index is 0.341. The molecule has 0 radical (unpaired) electrons. The third kappa shape index (κ3) is 5.18. The normalized spacial score (nSPS) is 12.1.